The van der Waals surface area contributed by atoms with Crippen molar-refractivity contribution in [2.45, 2.75) is 0 Å². The Morgan fingerprint density at radius 1 is 0.426 bits per heavy atom. The zero-order chi connectivity index (χ0) is 31.1. The lowest BCUT2D eigenvalue weighted by atomic mass is 9.35. The Morgan fingerprint density at radius 2 is 0.979 bits per heavy atom. The Morgan fingerprint density at radius 3 is 1.70 bits per heavy atom. The van der Waals surface area contributed by atoms with E-state index < -0.39 is 0 Å². The van der Waals surface area contributed by atoms with E-state index in [9.17, 15) is 0 Å². The van der Waals surface area contributed by atoms with Gasteiger partial charge in [0.2, 0.25) is 6.71 Å². The van der Waals surface area contributed by atoms with Gasteiger partial charge in [-0.15, -0.1) is 0 Å². The first kappa shape index (κ1) is 26.2. The molecule has 10 rings (SSSR count). The summed E-state index contributed by atoms with van der Waals surface area (Å²) in [6.45, 7) is 0.104. The largest absolute Gasteiger partial charge is 0.344 e. The minimum Gasteiger partial charge on any atom is -0.344 e. The summed E-state index contributed by atoms with van der Waals surface area (Å²) in [6.07, 6.45) is 0. The quantitative estimate of drug-likeness (QED) is 0.185. The number of benzene rings is 7. The standard InChI is InChI=1S/C43H30BN3/c1-45-36-25-24-29(44-34-19-9-12-22-38(34)47(31-16-6-3-7-17-31)39-23-13-10-20-35(39)44)28-33(36)43-40(45)26-27-41-42(43)32-18-8-11-21-37(32)46(41)30-14-4-2-5-15-30/h2-28H,1H3. The molecule has 0 bridgehead atoms. The Kier molecular flexibility index (Phi) is 5.59. The fourth-order valence-corrected chi connectivity index (χ4v) is 8.19. The topological polar surface area (TPSA) is 13.1 Å². The Balaban J connectivity index is 1.27. The maximum atomic E-state index is 2.47. The van der Waals surface area contributed by atoms with E-state index >= 15 is 0 Å². The van der Waals surface area contributed by atoms with Crippen LogP contribution >= 0.6 is 0 Å². The SMILES string of the molecule is Cn1c2ccc(B3c4ccccc4N(c4ccccc4)c4ccccc43)cc2c2c3c4ccccc4n(-c4ccccc4)c3ccc21. The third-order valence-electron chi connectivity index (χ3n) is 10.2. The van der Waals surface area contributed by atoms with Crippen LogP contribution in [0.5, 0.6) is 0 Å². The second-order valence-corrected chi connectivity index (χ2v) is 12.6. The molecule has 220 valence electrons. The molecular formula is C43H30BN3. The van der Waals surface area contributed by atoms with Crippen molar-refractivity contribution in [1.29, 1.82) is 0 Å². The number of fused-ring (bicyclic) bond motifs is 9. The van der Waals surface area contributed by atoms with Crippen molar-refractivity contribution < 1.29 is 0 Å². The average Bonchev–Trinajstić information content (AvgIpc) is 3.62. The van der Waals surface area contributed by atoms with Crippen molar-refractivity contribution in [1.82, 2.24) is 9.13 Å². The van der Waals surface area contributed by atoms with E-state index in [4.69, 9.17) is 0 Å². The van der Waals surface area contributed by atoms with Crippen LogP contribution in [-0.2, 0) is 7.05 Å². The molecule has 9 aromatic rings. The number of aryl methyl sites for hydroxylation is 1. The average molecular weight is 600 g/mol. The molecule has 0 atom stereocenters. The maximum Gasteiger partial charge on any atom is 0.246 e. The number of aromatic nitrogens is 2. The van der Waals surface area contributed by atoms with Crippen LogP contribution in [0.1, 0.15) is 0 Å². The zero-order valence-electron chi connectivity index (χ0n) is 26.0. The fourth-order valence-electron chi connectivity index (χ4n) is 8.19. The van der Waals surface area contributed by atoms with Crippen molar-refractivity contribution in [3.63, 3.8) is 0 Å². The number of hydrogen-bond donors (Lipinski definition) is 0. The van der Waals surface area contributed by atoms with Gasteiger partial charge in [0.25, 0.3) is 0 Å². The molecule has 0 saturated heterocycles. The van der Waals surface area contributed by atoms with Gasteiger partial charge >= 0.3 is 0 Å². The van der Waals surface area contributed by atoms with E-state index in [1.807, 2.05) is 0 Å². The second kappa shape index (κ2) is 10.0. The molecule has 0 amide bonds. The van der Waals surface area contributed by atoms with Gasteiger partial charge in [0.15, 0.2) is 0 Å². The first-order chi connectivity index (χ1) is 23.3. The van der Waals surface area contributed by atoms with Crippen LogP contribution in [0, 0.1) is 0 Å². The highest BCUT2D eigenvalue weighted by atomic mass is 15.1. The molecule has 0 radical (unpaired) electrons. The molecular weight excluding hydrogens is 569 g/mol. The monoisotopic (exact) mass is 599 g/mol. The molecule has 3 nitrogen and oxygen atoms in total. The summed E-state index contributed by atoms with van der Waals surface area (Å²) in [5, 5.41) is 5.20. The van der Waals surface area contributed by atoms with E-state index in [1.54, 1.807) is 0 Å². The lowest BCUT2D eigenvalue weighted by Gasteiger charge is -2.37. The normalized spacial score (nSPS) is 12.7. The zero-order valence-corrected chi connectivity index (χ0v) is 26.0. The van der Waals surface area contributed by atoms with E-state index in [0.29, 0.717) is 0 Å². The van der Waals surface area contributed by atoms with Crippen molar-refractivity contribution in [3.05, 3.63) is 164 Å². The van der Waals surface area contributed by atoms with Gasteiger partial charge in [-0.3, -0.25) is 0 Å². The maximum absolute atomic E-state index is 2.47. The summed E-state index contributed by atoms with van der Waals surface area (Å²) < 4.78 is 4.78. The Hall–Kier alpha value is -6.00. The van der Waals surface area contributed by atoms with Crippen molar-refractivity contribution in [2.24, 2.45) is 7.05 Å². The molecule has 0 spiro atoms. The third kappa shape index (κ3) is 3.70. The summed E-state index contributed by atoms with van der Waals surface area (Å²) in [5.41, 5.74) is 13.7. The highest BCUT2D eigenvalue weighted by molar-refractivity contribution is 6.98. The third-order valence-corrected chi connectivity index (χ3v) is 10.2. The van der Waals surface area contributed by atoms with Crippen LogP contribution in [0.2, 0.25) is 0 Å². The second-order valence-electron chi connectivity index (χ2n) is 12.6. The summed E-state index contributed by atoms with van der Waals surface area (Å²) in [7, 11) is 2.20. The van der Waals surface area contributed by atoms with Gasteiger partial charge in [0.05, 0.1) is 11.0 Å². The molecule has 0 N–H and O–H groups in total. The molecule has 47 heavy (non-hydrogen) atoms. The number of para-hydroxylation sites is 5. The minimum atomic E-state index is 0.104. The van der Waals surface area contributed by atoms with Crippen LogP contribution in [0.25, 0.3) is 49.3 Å². The molecule has 4 heteroatoms. The highest BCUT2D eigenvalue weighted by Crippen LogP contribution is 2.41. The lowest BCUT2D eigenvalue weighted by Crippen LogP contribution is -2.57. The van der Waals surface area contributed by atoms with E-state index in [1.165, 1.54) is 82.7 Å². The summed E-state index contributed by atoms with van der Waals surface area (Å²) in [4.78, 5) is 2.42. The molecule has 0 unspecified atom stereocenters. The van der Waals surface area contributed by atoms with E-state index in [2.05, 4.69) is 185 Å². The van der Waals surface area contributed by atoms with Crippen LogP contribution in [-0.4, -0.2) is 15.8 Å². The van der Waals surface area contributed by atoms with Gasteiger partial charge in [0, 0.05) is 62.4 Å². The predicted octanol–water partition coefficient (Wildman–Crippen LogP) is 8.73. The van der Waals surface area contributed by atoms with Crippen molar-refractivity contribution in [2.75, 3.05) is 4.90 Å². The lowest BCUT2D eigenvalue weighted by molar-refractivity contribution is 1.01. The Bertz CT molecular complexity index is 2600. The van der Waals surface area contributed by atoms with Crippen LogP contribution in [0.3, 0.4) is 0 Å². The van der Waals surface area contributed by atoms with Crippen molar-refractivity contribution >= 4 is 83.8 Å². The number of nitrogens with zero attached hydrogens (tertiary/aromatic N) is 3. The molecule has 0 aliphatic carbocycles. The van der Waals surface area contributed by atoms with Gasteiger partial charge in [-0.1, -0.05) is 109 Å². The van der Waals surface area contributed by atoms with Crippen LogP contribution < -0.4 is 21.3 Å². The van der Waals surface area contributed by atoms with Crippen molar-refractivity contribution in [3.8, 4) is 5.69 Å². The predicted molar refractivity (Wildman–Crippen MR) is 201 cm³/mol. The first-order valence-corrected chi connectivity index (χ1v) is 16.3. The van der Waals surface area contributed by atoms with Gasteiger partial charge in [-0.2, -0.15) is 0 Å². The van der Waals surface area contributed by atoms with E-state index in [-0.39, 0.29) is 6.71 Å². The molecule has 0 saturated carbocycles. The molecule has 0 fully saturated rings. The Labute approximate surface area is 273 Å². The molecule has 7 aromatic carbocycles. The van der Waals surface area contributed by atoms with Gasteiger partial charge < -0.3 is 14.0 Å². The number of hydrogen-bond acceptors (Lipinski definition) is 1. The van der Waals surface area contributed by atoms with Gasteiger partial charge in [0.1, 0.15) is 0 Å². The summed E-state index contributed by atoms with van der Waals surface area (Å²) in [6, 6.07) is 59.9. The van der Waals surface area contributed by atoms with Crippen LogP contribution in [0.4, 0.5) is 17.1 Å². The molecule has 1 aliphatic heterocycles. The number of anilines is 3. The number of rotatable bonds is 3. The molecule has 1 aliphatic rings. The summed E-state index contributed by atoms with van der Waals surface area (Å²) >= 11 is 0. The van der Waals surface area contributed by atoms with Gasteiger partial charge in [-0.25, -0.2) is 0 Å². The molecule has 2 aromatic heterocycles. The van der Waals surface area contributed by atoms with E-state index in [0.717, 1.165) is 0 Å². The van der Waals surface area contributed by atoms with Crippen LogP contribution in [0.15, 0.2) is 164 Å². The smallest absolute Gasteiger partial charge is 0.246 e. The summed E-state index contributed by atoms with van der Waals surface area (Å²) in [5.74, 6) is 0. The fraction of sp³-hybridized carbons (Fsp3) is 0.0233. The first-order valence-electron chi connectivity index (χ1n) is 16.3. The molecule has 3 heterocycles. The minimum absolute atomic E-state index is 0.104. The highest BCUT2D eigenvalue weighted by Gasteiger charge is 2.35. The van der Waals surface area contributed by atoms with Gasteiger partial charge in [-0.05, 0) is 71.6 Å².